The lowest BCUT2D eigenvalue weighted by atomic mass is 9.96. The highest BCUT2D eigenvalue weighted by atomic mass is 35.5. The molecule has 1 aliphatic rings. The molecular weight excluding hydrogens is 315 g/mol. The van der Waals surface area contributed by atoms with Gasteiger partial charge in [0.2, 0.25) is 0 Å². The first-order valence-electron chi connectivity index (χ1n) is 7.60. The number of urea groups is 1. The van der Waals surface area contributed by atoms with E-state index in [2.05, 4.69) is 10.6 Å². The molecule has 0 spiro atoms. The summed E-state index contributed by atoms with van der Waals surface area (Å²) < 4.78 is 13.0. The van der Waals surface area contributed by atoms with Crippen molar-refractivity contribution in [1.82, 2.24) is 10.6 Å². The molecule has 23 heavy (non-hydrogen) atoms. The molecule has 2 amide bonds. The predicted octanol–water partition coefficient (Wildman–Crippen LogP) is 4.01. The van der Waals surface area contributed by atoms with Gasteiger partial charge >= 0.3 is 6.03 Å². The Hall–Kier alpha value is -2.07. The number of amides is 2. The molecule has 2 N–H and O–H groups in total. The molecule has 3 nitrogen and oxygen atoms in total. The molecule has 0 radical (unpaired) electrons. The van der Waals surface area contributed by atoms with Crippen LogP contribution < -0.4 is 10.6 Å². The highest BCUT2D eigenvalue weighted by Gasteiger charge is 2.44. The maximum Gasteiger partial charge on any atom is 0.315 e. The Morgan fingerprint density at radius 2 is 1.70 bits per heavy atom. The van der Waals surface area contributed by atoms with Crippen molar-refractivity contribution in [3.8, 4) is 0 Å². The van der Waals surface area contributed by atoms with Gasteiger partial charge in [-0.3, -0.25) is 0 Å². The van der Waals surface area contributed by atoms with Gasteiger partial charge in [0.15, 0.2) is 0 Å². The molecular formula is C18H18ClFN2O. The van der Waals surface area contributed by atoms with Crippen LogP contribution in [0.25, 0.3) is 0 Å². The lowest BCUT2D eigenvalue weighted by molar-refractivity contribution is 0.239. The van der Waals surface area contributed by atoms with Gasteiger partial charge in [0.25, 0.3) is 0 Å². The van der Waals surface area contributed by atoms with Gasteiger partial charge in [0.05, 0.1) is 0 Å². The smallest absolute Gasteiger partial charge is 0.315 e. The molecule has 0 bridgehead atoms. The molecule has 1 fully saturated rings. The minimum absolute atomic E-state index is 0.0364. The zero-order valence-electron chi connectivity index (χ0n) is 12.6. The van der Waals surface area contributed by atoms with Crippen LogP contribution in [0, 0.1) is 5.82 Å². The van der Waals surface area contributed by atoms with Crippen LogP contribution in [0.1, 0.15) is 24.0 Å². The Bertz CT molecular complexity index is 681. The quantitative estimate of drug-likeness (QED) is 0.853. The molecule has 0 unspecified atom stereocenters. The summed E-state index contributed by atoms with van der Waals surface area (Å²) in [5.74, 6) is -0.238. The number of benzene rings is 2. The third-order valence-corrected chi connectivity index (χ3v) is 4.52. The molecule has 1 saturated carbocycles. The van der Waals surface area contributed by atoms with Crippen LogP contribution in [-0.2, 0) is 12.0 Å². The van der Waals surface area contributed by atoms with E-state index in [1.807, 2.05) is 12.1 Å². The first-order valence-corrected chi connectivity index (χ1v) is 7.97. The molecule has 0 heterocycles. The summed E-state index contributed by atoms with van der Waals surface area (Å²) in [6, 6.07) is 13.7. The largest absolute Gasteiger partial charge is 0.337 e. The Morgan fingerprint density at radius 1 is 1.04 bits per heavy atom. The minimum atomic E-state index is -0.238. The van der Waals surface area contributed by atoms with Crippen LogP contribution in [0.15, 0.2) is 48.5 Å². The van der Waals surface area contributed by atoms with Crippen molar-refractivity contribution in [3.05, 3.63) is 70.5 Å². The fraction of sp³-hybridized carbons (Fsp3) is 0.278. The van der Waals surface area contributed by atoms with Crippen LogP contribution in [0.2, 0.25) is 5.02 Å². The van der Waals surface area contributed by atoms with Crippen LogP contribution >= 0.6 is 11.6 Å². The van der Waals surface area contributed by atoms with Crippen LogP contribution in [0.4, 0.5) is 9.18 Å². The molecule has 1 aliphatic carbocycles. The van der Waals surface area contributed by atoms with E-state index in [9.17, 15) is 9.18 Å². The Balaban J connectivity index is 1.49. The van der Waals surface area contributed by atoms with Gasteiger partial charge < -0.3 is 10.6 Å². The molecule has 5 heteroatoms. The number of carbonyl (C=O) groups excluding carboxylic acids is 1. The molecule has 2 aromatic carbocycles. The van der Waals surface area contributed by atoms with E-state index in [4.69, 9.17) is 11.6 Å². The maximum atomic E-state index is 13.0. The van der Waals surface area contributed by atoms with Gasteiger partial charge in [-0.1, -0.05) is 35.9 Å². The Morgan fingerprint density at radius 3 is 2.30 bits per heavy atom. The summed E-state index contributed by atoms with van der Waals surface area (Å²) in [4.78, 5) is 11.9. The maximum absolute atomic E-state index is 13.0. The normalized spacial score (nSPS) is 15.0. The van der Waals surface area contributed by atoms with Gasteiger partial charge in [0, 0.05) is 23.5 Å². The van der Waals surface area contributed by atoms with Gasteiger partial charge in [-0.25, -0.2) is 9.18 Å². The highest BCUT2D eigenvalue weighted by molar-refractivity contribution is 6.30. The molecule has 2 aromatic rings. The van der Waals surface area contributed by atoms with E-state index in [1.165, 1.54) is 12.1 Å². The summed E-state index contributed by atoms with van der Waals surface area (Å²) in [5, 5.41) is 6.41. The van der Waals surface area contributed by atoms with E-state index in [0.29, 0.717) is 18.1 Å². The van der Waals surface area contributed by atoms with E-state index >= 15 is 0 Å². The van der Waals surface area contributed by atoms with Crippen molar-refractivity contribution < 1.29 is 9.18 Å². The lowest BCUT2D eigenvalue weighted by Crippen LogP contribution is -2.39. The van der Waals surface area contributed by atoms with Crippen molar-refractivity contribution in [2.75, 3.05) is 6.54 Å². The number of hydrogen-bond donors (Lipinski definition) is 2. The van der Waals surface area contributed by atoms with Gasteiger partial charge in [-0.15, -0.1) is 0 Å². The third kappa shape index (κ3) is 4.02. The average molecular weight is 333 g/mol. The fourth-order valence-corrected chi connectivity index (χ4v) is 2.74. The Kier molecular flexibility index (Phi) is 4.53. The first-order chi connectivity index (χ1) is 11.1. The van der Waals surface area contributed by atoms with Gasteiger partial charge in [-0.2, -0.15) is 0 Å². The van der Waals surface area contributed by atoms with Gasteiger partial charge in [0.1, 0.15) is 5.82 Å². The summed E-state index contributed by atoms with van der Waals surface area (Å²) in [5.41, 5.74) is 2.03. The summed E-state index contributed by atoms with van der Waals surface area (Å²) in [7, 11) is 0. The average Bonchev–Trinajstić information content (AvgIpc) is 3.34. The number of carbonyl (C=O) groups is 1. The van der Waals surface area contributed by atoms with E-state index in [0.717, 1.165) is 24.0 Å². The SMILES string of the molecule is O=C(NCc1ccc(Cl)cc1)NCC1(c2ccc(F)cc2)CC1. The topological polar surface area (TPSA) is 41.1 Å². The monoisotopic (exact) mass is 332 g/mol. The first kappa shape index (κ1) is 15.8. The zero-order valence-corrected chi connectivity index (χ0v) is 13.4. The number of nitrogens with one attached hydrogen (secondary N) is 2. The van der Waals surface area contributed by atoms with Crippen molar-refractivity contribution in [1.29, 1.82) is 0 Å². The number of rotatable bonds is 5. The molecule has 0 aromatic heterocycles. The van der Waals surface area contributed by atoms with Crippen LogP contribution in [0.3, 0.4) is 0 Å². The van der Waals surface area contributed by atoms with E-state index < -0.39 is 0 Å². The molecule has 0 saturated heterocycles. The standard InChI is InChI=1S/C18H18ClFN2O/c19-15-5-1-13(2-6-15)11-21-17(23)22-12-18(9-10-18)14-3-7-16(20)8-4-14/h1-8H,9-12H2,(H2,21,22,23). The fourth-order valence-electron chi connectivity index (χ4n) is 2.62. The van der Waals surface area contributed by atoms with Crippen LogP contribution in [0.5, 0.6) is 0 Å². The summed E-state index contributed by atoms with van der Waals surface area (Å²) >= 11 is 5.83. The number of hydrogen-bond acceptors (Lipinski definition) is 1. The van der Waals surface area contributed by atoms with E-state index in [1.54, 1.807) is 24.3 Å². The van der Waals surface area contributed by atoms with E-state index in [-0.39, 0.29) is 17.3 Å². The lowest BCUT2D eigenvalue weighted by Gasteiger charge is -2.17. The molecule has 0 aliphatic heterocycles. The highest BCUT2D eigenvalue weighted by Crippen LogP contribution is 2.47. The molecule has 3 rings (SSSR count). The summed E-state index contributed by atoms with van der Waals surface area (Å²) in [6.45, 7) is 1.01. The van der Waals surface area contributed by atoms with Crippen molar-refractivity contribution >= 4 is 17.6 Å². The molecule has 0 atom stereocenters. The second-order valence-corrected chi connectivity index (χ2v) is 6.39. The number of halogens is 2. The molecule has 120 valence electrons. The van der Waals surface area contributed by atoms with Gasteiger partial charge in [-0.05, 0) is 48.2 Å². The predicted molar refractivity (Wildman–Crippen MR) is 89.0 cm³/mol. The van der Waals surface area contributed by atoms with Crippen molar-refractivity contribution in [2.24, 2.45) is 0 Å². The van der Waals surface area contributed by atoms with Crippen molar-refractivity contribution in [2.45, 2.75) is 24.8 Å². The third-order valence-electron chi connectivity index (χ3n) is 4.26. The second-order valence-electron chi connectivity index (χ2n) is 5.95. The minimum Gasteiger partial charge on any atom is -0.337 e. The van der Waals surface area contributed by atoms with Crippen molar-refractivity contribution in [3.63, 3.8) is 0 Å². The Labute approximate surface area is 139 Å². The summed E-state index contributed by atoms with van der Waals surface area (Å²) in [6.07, 6.45) is 2.02. The second kappa shape index (κ2) is 6.59. The zero-order chi connectivity index (χ0) is 16.3. The van der Waals surface area contributed by atoms with Crippen LogP contribution in [-0.4, -0.2) is 12.6 Å².